The lowest BCUT2D eigenvalue weighted by Gasteiger charge is -2.38. The van der Waals surface area contributed by atoms with Crippen molar-refractivity contribution in [2.75, 3.05) is 0 Å². The van der Waals surface area contributed by atoms with Crippen molar-refractivity contribution in [3.05, 3.63) is 131 Å². The Hall–Kier alpha value is -3.77. The zero-order valence-corrected chi connectivity index (χ0v) is 32.2. The van der Waals surface area contributed by atoms with Crippen LogP contribution >= 0.6 is 0 Å². The number of hydrogen-bond acceptors (Lipinski definition) is 0. The predicted molar refractivity (Wildman–Crippen MR) is 219 cm³/mol. The average molecular weight is 642 g/mol. The molecule has 0 aromatic heterocycles. The van der Waals surface area contributed by atoms with E-state index in [-0.39, 0.29) is 34.1 Å². The van der Waals surface area contributed by atoms with Gasteiger partial charge in [0.1, 0.15) is 0 Å². The van der Waals surface area contributed by atoms with E-state index >= 15 is 0 Å². The Balaban J connectivity index is 1.58. The van der Waals surface area contributed by atoms with Crippen molar-refractivity contribution in [3.8, 4) is 22.3 Å². The highest BCUT2D eigenvalue weighted by Gasteiger charge is 2.43. The predicted octanol–water partition coefficient (Wildman–Crippen LogP) is 9.35. The first-order chi connectivity index (χ1) is 22.8. The monoisotopic (exact) mass is 641 g/mol. The van der Waals surface area contributed by atoms with Crippen LogP contribution in [0.4, 0.5) is 0 Å². The molecule has 2 heterocycles. The zero-order valence-electron chi connectivity index (χ0n) is 32.2. The second-order valence-electron chi connectivity index (χ2n) is 19.4. The van der Waals surface area contributed by atoms with Crippen molar-refractivity contribution in [1.29, 1.82) is 0 Å². The minimum atomic E-state index is -1.06. The second-order valence-corrected chi connectivity index (χ2v) is 19.4. The fourth-order valence-electron chi connectivity index (χ4n) is 8.98. The molecule has 0 amide bonds. The van der Waals surface area contributed by atoms with Crippen LogP contribution in [-0.4, -0.2) is 13.4 Å². The van der Waals surface area contributed by atoms with Gasteiger partial charge in [-0.25, -0.2) is 10.9 Å². The van der Waals surface area contributed by atoms with Gasteiger partial charge in [0.25, 0.3) is 0 Å². The lowest BCUT2D eigenvalue weighted by molar-refractivity contribution is 0.590. The molecule has 7 rings (SSSR count). The number of fused-ring (bicyclic) bond motifs is 6. The molecule has 5 aromatic carbocycles. The molecule has 0 spiro atoms. The average Bonchev–Trinajstić information content (AvgIpc) is 3.52. The maximum absolute atomic E-state index is 2.61. The van der Waals surface area contributed by atoms with Gasteiger partial charge < -0.3 is 0 Å². The van der Waals surface area contributed by atoms with Crippen LogP contribution in [0.5, 0.6) is 0 Å². The van der Waals surface area contributed by atoms with Crippen LogP contribution in [0.1, 0.15) is 117 Å². The van der Waals surface area contributed by atoms with Crippen LogP contribution in [0.25, 0.3) is 22.3 Å². The van der Waals surface area contributed by atoms with Gasteiger partial charge in [0.2, 0.25) is 0 Å². The van der Waals surface area contributed by atoms with Crippen molar-refractivity contribution in [1.82, 2.24) is 0 Å². The SMILES string of the molecule is CC(C)(C)c1ccc2c(c1)B([C@H]([BH-]1c3cc(C(C)(C)C)ccc3-c3ccc(C(C)(C)C)cc31)c1ccccc1)c1cc(C(C)(C)C)ccc1-2. The molecule has 2 heteroatoms. The van der Waals surface area contributed by atoms with Crippen LogP contribution in [0.2, 0.25) is 0 Å². The lowest BCUT2D eigenvalue weighted by Crippen LogP contribution is -2.57. The summed E-state index contributed by atoms with van der Waals surface area (Å²) >= 11 is 0. The number of hydrogen-bond donors (Lipinski definition) is 0. The summed E-state index contributed by atoms with van der Waals surface area (Å²) in [5.41, 5.74) is 19.6. The Kier molecular flexibility index (Phi) is 7.83. The highest BCUT2D eigenvalue weighted by Crippen LogP contribution is 2.39. The second kappa shape index (κ2) is 11.4. The van der Waals surface area contributed by atoms with Crippen LogP contribution in [0.15, 0.2) is 103 Å². The van der Waals surface area contributed by atoms with E-state index in [0.717, 1.165) is 0 Å². The molecule has 49 heavy (non-hydrogen) atoms. The maximum Gasteiger partial charge on any atom is 0.184 e. The van der Waals surface area contributed by atoms with Gasteiger partial charge in [0, 0.05) is 6.71 Å². The quantitative estimate of drug-likeness (QED) is 0.172. The molecule has 0 bridgehead atoms. The molecular formula is C47H55B2-. The smallest absolute Gasteiger partial charge is 0.184 e. The van der Waals surface area contributed by atoms with E-state index in [1.165, 1.54) is 61.0 Å². The van der Waals surface area contributed by atoms with Gasteiger partial charge in [0.05, 0.1) is 0 Å². The molecule has 2 aliphatic heterocycles. The minimum Gasteiger partial charge on any atom is -0.200 e. The topological polar surface area (TPSA) is 0 Å². The van der Waals surface area contributed by atoms with E-state index in [2.05, 4.69) is 186 Å². The Morgan fingerprint density at radius 1 is 0.408 bits per heavy atom. The molecule has 0 radical (unpaired) electrons. The summed E-state index contributed by atoms with van der Waals surface area (Å²) in [4.78, 5) is 0. The first kappa shape index (κ1) is 33.7. The van der Waals surface area contributed by atoms with Gasteiger partial charge in [-0.2, -0.15) is 0 Å². The molecule has 0 aliphatic carbocycles. The summed E-state index contributed by atoms with van der Waals surface area (Å²) in [5, 5.41) is 0. The fraction of sp³-hybridized carbons (Fsp3) is 0.362. The first-order valence-corrected chi connectivity index (χ1v) is 18.7. The number of benzene rings is 5. The van der Waals surface area contributed by atoms with Crippen LogP contribution < -0.4 is 21.9 Å². The minimum absolute atomic E-state index is 0.0653. The van der Waals surface area contributed by atoms with Crippen LogP contribution in [0, 0.1) is 0 Å². The lowest BCUT2D eigenvalue weighted by atomic mass is 9.16. The summed E-state index contributed by atoms with van der Waals surface area (Å²) < 4.78 is 0. The van der Waals surface area contributed by atoms with E-state index in [1.807, 2.05) is 0 Å². The zero-order chi connectivity index (χ0) is 35.3. The molecule has 2 aliphatic rings. The normalized spacial score (nSPS) is 15.1. The Bertz CT molecular complexity index is 1800. The van der Waals surface area contributed by atoms with Crippen molar-refractivity contribution in [3.63, 3.8) is 0 Å². The summed E-state index contributed by atoms with van der Waals surface area (Å²) in [5.74, 6) is 0. The van der Waals surface area contributed by atoms with Crippen molar-refractivity contribution < 1.29 is 0 Å². The van der Waals surface area contributed by atoms with E-state index in [1.54, 1.807) is 10.9 Å². The molecule has 0 fully saturated rings. The Morgan fingerprint density at radius 3 is 1.12 bits per heavy atom. The molecule has 250 valence electrons. The highest BCUT2D eigenvalue weighted by molar-refractivity contribution is 7.05. The molecule has 1 atom stereocenters. The standard InChI is InChI=1S/C47H55B2/c1-44(2,3)31-18-22-35-36-23-19-32(45(4,5)6)27-40(36)48(39(35)26-31)43(30-16-14-13-15-17-30)49-41-28-33(46(7,8)9)20-24-37(41)38-25-21-34(29-42(38)49)47(10,11)12/h13-29,43,48H,1-12H3/q-1/t43-/m0/s1. The first-order valence-electron chi connectivity index (χ1n) is 18.7. The van der Waals surface area contributed by atoms with Crippen molar-refractivity contribution in [2.45, 2.75) is 110 Å². The summed E-state index contributed by atoms with van der Waals surface area (Å²) in [6.07, 6.45) is 0. The third-order valence-electron chi connectivity index (χ3n) is 11.9. The van der Waals surface area contributed by atoms with Gasteiger partial charge in [-0.3, -0.25) is 0 Å². The summed E-state index contributed by atoms with van der Waals surface area (Å²) in [6.45, 7) is 27.5. The fourth-order valence-corrected chi connectivity index (χ4v) is 8.98. The third kappa shape index (κ3) is 5.84. The van der Waals surface area contributed by atoms with Gasteiger partial charge in [-0.15, -0.1) is 5.72 Å². The van der Waals surface area contributed by atoms with E-state index in [9.17, 15) is 0 Å². The molecule has 0 saturated heterocycles. The van der Waals surface area contributed by atoms with Crippen LogP contribution in [-0.2, 0) is 21.7 Å². The summed E-state index contributed by atoms with van der Waals surface area (Å²) in [7, 11) is 0. The van der Waals surface area contributed by atoms with Crippen molar-refractivity contribution in [2.24, 2.45) is 0 Å². The van der Waals surface area contributed by atoms with Gasteiger partial charge in [-0.1, -0.05) is 214 Å². The molecule has 0 N–H and O–H groups in total. The molecule has 0 unspecified atom stereocenters. The Morgan fingerprint density at radius 2 is 0.755 bits per heavy atom. The van der Waals surface area contributed by atoms with Gasteiger partial charge in [-0.05, 0) is 55.0 Å². The van der Waals surface area contributed by atoms with Crippen molar-refractivity contribution >= 4 is 35.3 Å². The van der Waals surface area contributed by atoms with E-state index < -0.39 is 6.71 Å². The Labute approximate surface area is 297 Å². The van der Waals surface area contributed by atoms with Gasteiger partial charge >= 0.3 is 0 Å². The largest absolute Gasteiger partial charge is 0.200 e. The maximum atomic E-state index is 2.61. The molecular weight excluding hydrogens is 586 g/mol. The van der Waals surface area contributed by atoms with E-state index in [4.69, 9.17) is 0 Å². The molecule has 0 nitrogen and oxygen atoms in total. The summed E-state index contributed by atoms with van der Waals surface area (Å²) in [6, 6.07) is 41.3. The number of rotatable bonds is 3. The third-order valence-corrected chi connectivity index (χ3v) is 11.9. The molecule has 0 saturated carbocycles. The van der Waals surface area contributed by atoms with Gasteiger partial charge in [0.15, 0.2) is 6.71 Å². The molecule has 5 aromatic rings. The highest BCUT2D eigenvalue weighted by atomic mass is 14.3. The van der Waals surface area contributed by atoms with Crippen LogP contribution in [0.3, 0.4) is 0 Å². The van der Waals surface area contributed by atoms with E-state index in [0.29, 0.717) is 0 Å².